The highest BCUT2D eigenvalue weighted by molar-refractivity contribution is 5.96. The lowest BCUT2D eigenvalue weighted by molar-refractivity contribution is 0.0986. The third-order valence-electron chi connectivity index (χ3n) is 4.52. The van der Waals surface area contributed by atoms with E-state index in [4.69, 9.17) is 9.47 Å². The number of imidazole rings is 1. The van der Waals surface area contributed by atoms with E-state index in [9.17, 15) is 4.79 Å². The van der Waals surface area contributed by atoms with Gasteiger partial charge in [-0.25, -0.2) is 9.97 Å². The fourth-order valence-corrected chi connectivity index (χ4v) is 3.02. The zero-order valence-corrected chi connectivity index (χ0v) is 14.9. The molecule has 3 heterocycles. The van der Waals surface area contributed by atoms with Crippen LogP contribution in [-0.2, 0) is 6.42 Å². The van der Waals surface area contributed by atoms with Gasteiger partial charge in [0.05, 0.1) is 19.4 Å². The van der Waals surface area contributed by atoms with Crippen molar-refractivity contribution in [3.05, 3.63) is 53.6 Å². The molecular formula is C20H21N3O3. The Morgan fingerprint density at radius 1 is 1.27 bits per heavy atom. The Labute approximate surface area is 151 Å². The molecule has 3 aromatic heterocycles. The van der Waals surface area contributed by atoms with Crippen LogP contribution in [0, 0.1) is 0 Å². The van der Waals surface area contributed by atoms with Crippen LogP contribution in [0.25, 0.3) is 5.65 Å². The summed E-state index contributed by atoms with van der Waals surface area (Å²) in [6.45, 7) is 2.46. The first-order valence-electron chi connectivity index (χ1n) is 8.86. The average Bonchev–Trinajstić information content (AvgIpc) is 3.43. The van der Waals surface area contributed by atoms with Crippen LogP contribution in [-0.4, -0.2) is 33.9 Å². The molecule has 26 heavy (non-hydrogen) atoms. The van der Waals surface area contributed by atoms with Gasteiger partial charge in [0.1, 0.15) is 17.1 Å². The summed E-state index contributed by atoms with van der Waals surface area (Å²) in [6, 6.07) is 7.10. The highest BCUT2D eigenvalue weighted by Crippen LogP contribution is 2.39. The van der Waals surface area contributed by atoms with Gasteiger partial charge in [-0.05, 0) is 25.8 Å². The van der Waals surface area contributed by atoms with E-state index in [0.29, 0.717) is 29.8 Å². The maximum atomic E-state index is 12.7. The zero-order valence-electron chi connectivity index (χ0n) is 14.9. The molecule has 1 saturated carbocycles. The second-order valence-electron chi connectivity index (χ2n) is 6.47. The van der Waals surface area contributed by atoms with E-state index in [2.05, 4.69) is 16.2 Å². The smallest absolute Gasteiger partial charge is 0.213 e. The van der Waals surface area contributed by atoms with Gasteiger partial charge in [0, 0.05) is 42.4 Å². The number of aromatic nitrogens is 3. The van der Waals surface area contributed by atoms with Crippen LogP contribution in [0.2, 0.25) is 0 Å². The first-order chi connectivity index (χ1) is 12.7. The van der Waals surface area contributed by atoms with Gasteiger partial charge in [0.15, 0.2) is 5.78 Å². The number of carbonyl (C=O) groups excluding carboxylic acids is 1. The lowest BCUT2D eigenvalue weighted by atomic mass is 10.1. The number of fused-ring (bicyclic) bond motifs is 1. The molecule has 0 aliphatic heterocycles. The van der Waals surface area contributed by atoms with Crippen LogP contribution in [0.15, 0.2) is 36.7 Å². The summed E-state index contributed by atoms with van der Waals surface area (Å²) in [5.41, 5.74) is 3.18. The van der Waals surface area contributed by atoms with E-state index in [1.807, 2.05) is 23.6 Å². The second-order valence-corrected chi connectivity index (χ2v) is 6.47. The zero-order chi connectivity index (χ0) is 18.1. The summed E-state index contributed by atoms with van der Waals surface area (Å²) < 4.78 is 12.9. The summed E-state index contributed by atoms with van der Waals surface area (Å²) in [6.07, 6.45) is 6.62. The fraction of sp³-hybridized carbons (Fsp3) is 0.350. The molecule has 1 aliphatic rings. The molecule has 0 saturated heterocycles. The number of nitrogens with zero attached hydrogens (tertiary/aromatic N) is 3. The molecule has 0 bridgehead atoms. The van der Waals surface area contributed by atoms with E-state index in [1.54, 1.807) is 18.2 Å². The second kappa shape index (κ2) is 6.78. The molecular weight excluding hydrogens is 330 g/mol. The number of pyridine rings is 2. The number of methoxy groups -OCH3 is 1. The van der Waals surface area contributed by atoms with E-state index in [0.717, 1.165) is 16.9 Å². The maximum Gasteiger partial charge on any atom is 0.213 e. The highest BCUT2D eigenvalue weighted by atomic mass is 16.5. The van der Waals surface area contributed by atoms with E-state index in [1.165, 1.54) is 20.0 Å². The lowest BCUT2D eigenvalue weighted by Crippen LogP contribution is -2.09. The Morgan fingerprint density at radius 3 is 2.85 bits per heavy atom. The minimum absolute atomic E-state index is 0.0771. The van der Waals surface area contributed by atoms with Crippen molar-refractivity contribution in [3.8, 4) is 11.6 Å². The average molecular weight is 351 g/mol. The van der Waals surface area contributed by atoms with Crippen LogP contribution < -0.4 is 9.47 Å². The minimum atomic E-state index is -0.0771. The molecule has 3 aromatic rings. The van der Waals surface area contributed by atoms with E-state index < -0.39 is 0 Å². The Hall–Kier alpha value is -2.89. The van der Waals surface area contributed by atoms with Crippen LogP contribution in [0.4, 0.5) is 0 Å². The lowest BCUT2D eigenvalue weighted by Gasteiger charge is -2.10. The molecule has 134 valence electrons. The van der Waals surface area contributed by atoms with E-state index in [-0.39, 0.29) is 12.2 Å². The Kier molecular flexibility index (Phi) is 4.32. The molecule has 6 heteroatoms. The third kappa shape index (κ3) is 3.27. The van der Waals surface area contributed by atoms with Crippen molar-refractivity contribution in [2.75, 3.05) is 13.7 Å². The molecule has 0 radical (unpaired) electrons. The normalized spacial score (nSPS) is 13.8. The van der Waals surface area contributed by atoms with Crippen molar-refractivity contribution in [1.82, 2.24) is 14.4 Å². The fourth-order valence-electron chi connectivity index (χ4n) is 3.02. The largest absolute Gasteiger partial charge is 0.493 e. The number of hydrogen-bond donors (Lipinski definition) is 0. The number of ketones is 1. The molecule has 0 amide bonds. The molecule has 0 unspecified atom stereocenters. The first kappa shape index (κ1) is 16.6. The van der Waals surface area contributed by atoms with Gasteiger partial charge in [-0.1, -0.05) is 6.07 Å². The Morgan fingerprint density at radius 2 is 2.12 bits per heavy atom. The summed E-state index contributed by atoms with van der Waals surface area (Å²) in [5, 5.41) is 0. The Balaban J connectivity index is 1.66. The van der Waals surface area contributed by atoms with Crippen LogP contribution in [0.3, 0.4) is 0 Å². The summed E-state index contributed by atoms with van der Waals surface area (Å²) in [7, 11) is 1.54. The summed E-state index contributed by atoms with van der Waals surface area (Å²) >= 11 is 0. The third-order valence-corrected chi connectivity index (χ3v) is 4.52. The highest BCUT2D eigenvalue weighted by Gasteiger charge is 2.26. The van der Waals surface area contributed by atoms with Gasteiger partial charge in [-0.2, -0.15) is 0 Å². The van der Waals surface area contributed by atoms with Crippen molar-refractivity contribution >= 4 is 11.4 Å². The van der Waals surface area contributed by atoms with Crippen molar-refractivity contribution in [2.24, 2.45) is 0 Å². The molecule has 4 rings (SSSR count). The first-order valence-corrected chi connectivity index (χ1v) is 8.86. The van der Waals surface area contributed by atoms with Crippen LogP contribution >= 0.6 is 0 Å². The minimum Gasteiger partial charge on any atom is -0.493 e. The number of rotatable bonds is 7. The quantitative estimate of drug-likeness (QED) is 0.610. The van der Waals surface area contributed by atoms with Crippen molar-refractivity contribution in [2.45, 2.75) is 32.1 Å². The predicted molar refractivity (Wildman–Crippen MR) is 97.2 cm³/mol. The summed E-state index contributed by atoms with van der Waals surface area (Å²) in [5.74, 6) is 1.63. The summed E-state index contributed by atoms with van der Waals surface area (Å²) in [4.78, 5) is 21.6. The maximum absolute atomic E-state index is 12.7. The molecule has 1 aliphatic carbocycles. The molecule has 0 atom stereocenters. The van der Waals surface area contributed by atoms with Crippen LogP contribution in [0.5, 0.6) is 11.6 Å². The molecule has 0 aromatic carbocycles. The molecule has 1 fully saturated rings. The topological polar surface area (TPSA) is 65.7 Å². The number of Topliss-reactive ketones (excluding diaryl/α,β-unsaturated/α-hetero) is 1. The predicted octanol–water partition coefficient (Wildman–Crippen LogP) is 3.44. The van der Waals surface area contributed by atoms with Gasteiger partial charge in [0.25, 0.3) is 0 Å². The van der Waals surface area contributed by atoms with Gasteiger partial charge in [0.2, 0.25) is 5.88 Å². The van der Waals surface area contributed by atoms with Crippen molar-refractivity contribution in [1.29, 1.82) is 0 Å². The number of ether oxygens (including phenoxy) is 2. The molecule has 6 nitrogen and oxygen atoms in total. The standard InChI is InChI=1S/C20H21N3O3/c1-3-26-18-10-19-21-16(13-7-8-13)12-23(19)11-14(18)9-17(24)15-5-4-6-20(22-15)25-2/h4-6,10-13H,3,7-9H2,1-2H3. The van der Waals surface area contributed by atoms with E-state index >= 15 is 0 Å². The van der Waals surface area contributed by atoms with Crippen molar-refractivity contribution in [3.63, 3.8) is 0 Å². The Bertz CT molecular complexity index is 960. The molecule has 0 spiro atoms. The number of hydrogen-bond acceptors (Lipinski definition) is 5. The van der Waals surface area contributed by atoms with Gasteiger partial charge >= 0.3 is 0 Å². The monoisotopic (exact) mass is 351 g/mol. The van der Waals surface area contributed by atoms with Gasteiger partial charge < -0.3 is 13.9 Å². The van der Waals surface area contributed by atoms with Gasteiger partial charge in [-0.15, -0.1) is 0 Å². The van der Waals surface area contributed by atoms with Crippen LogP contribution in [0.1, 0.15) is 47.4 Å². The van der Waals surface area contributed by atoms with Gasteiger partial charge in [-0.3, -0.25) is 4.79 Å². The molecule has 0 N–H and O–H groups in total. The number of carbonyl (C=O) groups is 1. The van der Waals surface area contributed by atoms with Crippen molar-refractivity contribution < 1.29 is 14.3 Å². The SMILES string of the molecule is CCOc1cc2nc(C3CC3)cn2cc1CC(=O)c1cccc(OC)n1.